The monoisotopic (exact) mass is 722 g/mol. The van der Waals surface area contributed by atoms with Gasteiger partial charge in [-0.05, 0) is 26.8 Å². The Morgan fingerprint density at radius 2 is 1.65 bits per heavy atom. The van der Waals surface area contributed by atoms with E-state index in [0.717, 1.165) is 6.08 Å². The van der Waals surface area contributed by atoms with Crippen LogP contribution < -0.4 is 15.4 Å². The van der Waals surface area contributed by atoms with Crippen molar-refractivity contribution < 1.29 is 53.1 Å². The van der Waals surface area contributed by atoms with Gasteiger partial charge >= 0.3 is 11.8 Å². The number of anilines is 1. The van der Waals surface area contributed by atoms with Crippen LogP contribution in [0.15, 0.2) is 47.9 Å². The number of nitrogens with one attached hydrogen (secondary N) is 2. The van der Waals surface area contributed by atoms with Gasteiger partial charge in [0.1, 0.15) is 11.9 Å². The molecule has 13 heteroatoms. The highest BCUT2D eigenvalue weighted by Gasteiger charge is 2.51. The number of fused-ring (bicyclic) bond motifs is 14. The number of ketones is 3. The molecule has 4 aliphatic rings. The molecule has 4 N–H and O–H groups in total. The molecule has 3 heterocycles. The van der Waals surface area contributed by atoms with E-state index in [1.807, 2.05) is 0 Å². The number of aliphatic hydroxyl groups excluding tert-OH is 2. The van der Waals surface area contributed by atoms with Crippen LogP contribution in [0.3, 0.4) is 0 Å². The van der Waals surface area contributed by atoms with Crippen LogP contribution in [0.25, 0.3) is 0 Å². The summed E-state index contributed by atoms with van der Waals surface area (Å²) in [5, 5.41) is 28.3. The van der Waals surface area contributed by atoms with Gasteiger partial charge < -0.3 is 39.8 Å². The fourth-order valence-electron chi connectivity index (χ4n) is 7.04. The van der Waals surface area contributed by atoms with E-state index >= 15 is 0 Å². The number of ether oxygens (including phenoxy) is 4. The first-order valence-corrected chi connectivity index (χ1v) is 17.5. The Morgan fingerprint density at radius 3 is 2.27 bits per heavy atom. The van der Waals surface area contributed by atoms with Crippen molar-refractivity contribution >= 4 is 34.9 Å². The molecular weight excluding hydrogens is 672 g/mol. The standard InChI is InChI=1S/C39H50N2O11/c1-11-40-31-21(5)36-30-28-26(43)17-25(34(46)29(28)31)41-38(48)19(3)14-12-13-18(2)32(44)22(6)33(45)23(7)35(51-24(8)42)20(4)27(49-10)15-16-50-39(9,52-36)37(30)47/h12-18,20,22-23,27,32-33,35,40,44-45H,11H2,1-10H3,(H,41,48)/b13-12+,16-15+,19-14-/t18-,20+,22+,23+,27-,32-,33+,35+,39-/m0/s1. The molecule has 5 rings (SSSR count). The van der Waals surface area contributed by atoms with E-state index in [4.69, 9.17) is 18.9 Å². The van der Waals surface area contributed by atoms with Gasteiger partial charge in [-0.25, -0.2) is 0 Å². The number of hydrogen-bond donors (Lipinski definition) is 4. The van der Waals surface area contributed by atoms with Gasteiger partial charge in [-0.15, -0.1) is 0 Å². The number of methoxy groups -OCH3 is 1. The number of rotatable bonds is 4. The van der Waals surface area contributed by atoms with E-state index in [9.17, 15) is 34.2 Å². The molecule has 282 valence electrons. The molecule has 1 aromatic rings. The lowest BCUT2D eigenvalue weighted by atomic mass is 9.78. The fraction of sp³-hybridized carbons (Fsp3) is 0.513. The summed E-state index contributed by atoms with van der Waals surface area (Å²) in [5.74, 6) is -7.49. The smallest absolute Gasteiger partial charge is 0.312 e. The summed E-state index contributed by atoms with van der Waals surface area (Å²) in [6.07, 6.45) is 4.73. The Morgan fingerprint density at radius 1 is 0.981 bits per heavy atom. The highest BCUT2D eigenvalue weighted by atomic mass is 16.7. The van der Waals surface area contributed by atoms with Crippen molar-refractivity contribution in [3.63, 3.8) is 0 Å². The molecule has 0 aromatic heterocycles. The van der Waals surface area contributed by atoms with Crippen molar-refractivity contribution in [2.75, 3.05) is 19.0 Å². The van der Waals surface area contributed by atoms with Crippen LogP contribution in [-0.2, 0) is 23.8 Å². The van der Waals surface area contributed by atoms with Crippen LogP contribution in [0.2, 0.25) is 0 Å². The van der Waals surface area contributed by atoms with Gasteiger partial charge in [0.15, 0.2) is 5.78 Å². The van der Waals surface area contributed by atoms with Crippen molar-refractivity contribution in [3.8, 4) is 5.75 Å². The molecule has 1 amide bonds. The summed E-state index contributed by atoms with van der Waals surface area (Å²) < 4.78 is 23.5. The normalized spacial score (nSPS) is 33.5. The number of amides is 1. The Kier molecular flexibility index (Phi) is 12.3. The lowest BCUT2D eigenvalue weighted by Gasteiger charge is -2.38. The van der Waals surface area contributed by atoms with Crippen LogP contribution in [0.5, 0.6) is 5.75 Å². The second kappa shape index (κ2) is 16.0. The highest BCUT2D eigenvalue weighted by molar-refractivity contribution is 6.31. The van der Waals surface area contributed by atoms with E-state index in [-0.39, 0.29) is 39.4 Å². The minimum Gasteiger partial charge on any atom is -0.462 e. The predicted molar refractivity (Wildman–Crippen MR) is 192 cm³/mol. The van der Waals surface area contributed by atoms with Gasteiger partial charge in [-0.1, -0.05) is 45.9 Å². The fourth-order valence-corrected chi connectivity index (χ4v) is 7.04. The molecule has 0 saturated carbocycles. The van der Waals surface area contributed by atoms with Crippen LogP contribution >= 0.6 is 0 Å². The first-order chi connectivity index (χ1) is 24.4. The number of allylic oxidation sites excluding steroid dienone is 4. The van der Waals surface area contributed by atoms with E-state index < -0.39 is 83.1 Å². The quantitative estimate of drug-likeness (QED) is 0.323. The third kappa shape index (κ3) is 7.62. The van der Waals surface area contributed by atoms with Gasteiger partial charge in [0.2, 0.25) is 5.78 Å². The molecule has 1 aromatic carbocycles. The van der Waals surface area contributed by atoms with Crippen molar-refractivity contribution in [3.05, 3.63) is 70.2 Å². The molecule has 52 heavy (non-hydrogen) atoms. The maximum absolute atomic E-state index is 14.1. The second-order valence-corrected chi connectivity index (χ2v) is 13.9. The molecule has 0 radical (unpaired) electrons. The van der Waals surface area contributed by atoms with Crippen molar-refractivity contribution in [1.29, 1.82) is 0 Å². The molecule has 0 unspecified atom stereocenters. The number of esters is 1. The summed E-state index contributed by atoms with van der Waals surface area (Å²) in [7, 11) is 1.45. The van der Waals surface area contributed by atoms with Crippen LogP contribution in [-0.4, -0.2) is 83.3 Å². The summed E-state index contributed by atoms with van der Waals surface area (Å²) in [5.41, 5.74) is 0.290. The van der Waals surface area contributed by atoms with Crippen LogP contribution in [0.1, 0.15) is 92.0 Å². The lowest BCUT2D eigenvalue weighted by molar-refractivity contribution is -0.160. The molecule has 13 nitrogen and oxygen atoms in total. The summed E-state index contributed by atoms with van der Waals surface area (Å²) >= 11 is 0. The summed E-state index contributed by atoms with van der Waals surface area (Å²) in [6.45, 7) is 14.9. The molecular formula is C39H50N2O11. The maximum Gasteiger partial charge on any atom is 0.312 e. The Balaban J connectivity index is 1.86. The SMILES string of the molecule is CCNc1c(C)c2c3c4c1C(=O)C(=CC4=O)NC(=O)/C(C)=C\C=C\[C@H](C)[C@H](O)[C@@H](C)[C@@H](O)[C@@H](C)[C@H](OC(C)=O)[C@H](C)[C@@H](OC)/C=C/O[C@@](C)(O2)C3=O. The second-order valence-electron chi connectivity index (χ2n) is 13.9. The minimum atomic E-state index is -1.95. The minimum absolute atomic E-state index is 0.0633. The Labute approximate surface area is 304 Å². The average molecular weight is 723 g/mol. The van der Waals surface area contributed by atoms with Crippen LogP contribution in [0, 0.1) is 30.6 Å². The van der Waals surface area contributed by atoms with E-state index in [2.05, 4.69) is 10.6 Å². The Hall–Kier alpha value is -4.59. The zero-order valence-electron chi connectivity index (χ0n) is 31.4. The van der Waals surface area contributed by atoms with Crippen molar-refractivity contribution in [1.82, 2.24) is 5.32 Å². The number of aliphatic hydroxyl groups is 2. The molecule has 5 bridgehead atoms. The Bertz CT molecular complexity index is 1760. The third-order valence-electron chi connectivity index (χ3n) is 10.2. The van der Waals surface area contributed by atoms with E-state index in [0.29, 0.717) is 12.1 Å². The number of hydrogen-bond acceptors (Lipinski definition) is 12. The molecule has 0 spiro atoms. The van der Waals surface area contributed by atoms with Crippen molar-refractivity contribution in [2.24, 2.45) is 23.7 Å². The van der Waals surface area contributed by atoms with Gasteiger partial charge in [-0.3, -0.25) is 24.0 Å². The van der Waals surface area contributed by atoms with E-state index in [1.54, 1.807) is 53.7 Å². The summed E-state index contributed by atoms with van der Waals surface area (Å²) in [4.78, 5) is 67.3. The number of Topliss-reactive ketones (excluding diaryl/α,β-unsaturated/α-hetero) is 2. The van der Waals surface area contributed by atoms with Crippen molar-refractivity contribution in [2.45, 2.75) is 92.5 Å². The maximum atomic E-state index is 14.1. The molecule has 0 saturated heterocycles. The molecule has 3 aliphatic heterocycles. The first kappa shape index (κ1) is 40.2. The topological polar surface area (TPSA) is 187 Å². The average Bonchev–Trinajstić information content (AvgIpc) is 3.36. The highest BCUT2D eigenvalue weighted by Crippen LogP contribution is 2.47. The number of carbonyl (C=O) groups excluding carboxylic acids is 5. The van der Waals surface area contributed by atoms with Gasteiger partial charge in [0.25, 0.3) is 11.7 Å². The predicted octanol–water partition coefficient (Wildman–Crippen LogP) is 4.36. The summed E-state index contributed by atoms with van der Waals surface area (Å²) in [6, 6.07) is 0. The lowest BCUT2D eigenvalue weighted by Crippen LogP contribution is -2.46. The van der Waals surface area contributed by atoms with Gasteiger partial charge in [0.05, 0.1) is 52.6 Å². The largest absolute Gasteiger partial charge is 0.462 e. The van der Waals surface area contributed by atoms with Gasteiger partial charge in [-0.2, -0.15) is 0 Å². The zero-order chi connectivity index (χ0) is 38.8. The number of benzene rings is 1. The molecule has 9 atom stereocenters. The number of carbonyl (C=O) groups is 5. The third-order valence-corrected chi connectivity index (χ3v) is 10.2. The first-order valence-electron chi connectivity index (χ1n) is 17.5. The van der Waals surface area contributed by atoms with Crippen LogP contribution in [0.4, 0.5) is 5.69 Å². The van der Waals surface area contributed by atoms with E-state index in [1.165, 1.54) is 46.3 Å². The molecule has 0 fully saturated rings. The van der Waals surface area contributed by atoms with Gasteiger partial charge in [0, 0.05) is 68.4 Å². The molecule has 1 aliphatic carbocycles. The zero-order valence-corrected chi connectivity index (χ0v) is 31.4.